The maximum absolute atomic E-state index is 5.99. The largest absolute Gasteiger partial charge is 0.357 e. The van der Waals surface area contributed by atoms with Crippen molar-refractivity contribution in [1.29, 1.82) is 0 Å². The number of piperidine rings is 1. The van der Waals surface area contributed by atoms with Crippen LogP contribution in [0.3, 0.4) is 0 Å². The first-order valence-corrected chi connectivity index (χ1v) is 12.2. The van der Waals surface area contributed by atoms with E-state index < -0.39 is 0 Å². The summed E-state index contributed by atoms with van der Waals surface area (Å²) in [4.78, 5) is 23.6. The highest BCUT2D eigenvalue weighted by Gasteiger charge is 2.34. The maximum Gasteiger partial charge on any atom is 0.229 e. The molecule has 0 amide bonds. The lowest BCUT2D eigenvalue weighted by atomic mass is 10.1. The van der Waals surface area contributed by atoms with Crippen LogP contribution in [-0.4, -0.2) is 66.8 Å². The minimum Gasteiger partial charge on any atom is -0.357 e. The Labute approximate surface area is 202 Å². The number of aromatic nitrogens is 8. The van der Waals surface area contributed by atoms with Crippen LogP contribution in [-0.2, 0) is 0 Å². The van der Waals surface area contributed by atoms with E-state index >= 15 is 0 Å². The molecule has 11 heteroatoms. The van der Waals surface area contributed by atoms with Crippen molar-refractivity contribution in [1.82, 2.24) is 40.1 Å². The van der Waals surface area contributed by atoms with Gasteiger partial charge in [-0.1, -0.05) is 18.5 Å². The summed E-state index contributed by atoms with van der Waals surface area (Å²) >= 11 is 5.99. The van der Waals surface area contributed by atoms with Crippen LogP contribution < -0.4 is 9.80 Å². The van der Waals surface area contributed by atoms with Gasteiger partial charge in [0.2, 0.25) is 11.8 Å². The number of hydrogen-bond acceptors (Lipinski definition) is 8. The lowest BCUT2D eigenvalue weighted by Crippen LogP contribution is -2.36. The standard InChI is InChI=1S/C23H27ClN10/c1-14-11-16(14)12-32(2)22-19-21(26-13-25-19)27-23(28-22)33-9-7-18(8-10-33)34-30-20(29-31-34)15-3-5-17(24)6-4-15/h3-6,13-14,16,18H,7-12H2,1-2H3,(H,25,26,27,28). The monoisotopic (exact) mass is 478 g/mol. The van der Waals surface area contributed by atoms with Crippen molar-refractivity contribution < 1.29 is 0 Å². The highest BCUT2D eigenvalue weighted by molar-refractivity contribution is 6.30. The van der Waals surface area contributed by atoms with Crippen molar-refractivity contribution in [2.75, 3.05) is 36.5 Å². The van der Waals surface area contributed by atoms with Crippen molar-refractivity contribution in [3.05, 3.63) is 35.6 Å². The first kappa shape index (κ1) is 21.3. The SMILES string of the molecule is CC1CC1CN(C)c1nc(N2CCC(n3nnc(-c4ccc(Cl)cc4)n3)CC2)nc2nc[nH]c12. The number of aromatic amines is 1. The first-order chi connectivity index (χ1) is 16.5. The van der Waals surface area contributed by atoms with Gasteiger partial charge in [-0.15, -0.1) is 10.2 Å². The van der Waals surface area contributed by atoms with Crippen LogP contribution in [0.2, 0.25) is 5.02 Å². The van der Waals surface area contributed by atoms with Gasteiger partial charge in [-0.2, -0.15) is 14.8 Å². The Balaban J connectivity index is 1.17. The molecule has 2 fully saturated rings. The predicted molar refractivity (Wildman–Crippen MR) is 131 cm³/mol. The molecule has 4 heterocycles. The molecule has 176 valence electrons. The molecule has 10 nitrogen and oxygen atoms in total. The molecule has 2 unspecified atom stereocenters. The van der Waals surface area contributed by atoms with Gasteiger partial charge in [0.05, 0.1) is 12.4 Å². The second-order valence-electron chi connectivity index (χ2n) is 9.46. The summed E-state index contributed by atoms with van der Waals surface area (Å²) in [6.45, 7) is 4.95. The highest BCUT2D eigenvalue weighted by Crippen LogP contribution is 2.39. The van der Waals surface area contributed by atoms with Crippen LogP contribution in [0.5, 0.6) is 0 Å². The molecule has 4 aromatic rings. The molecule has 1 aromatic carbocycles. The molecule has 1 aliphatic heterocycles. The van der Waals surface area contributed by atoms with Gasteiger partial charge in [0.15, 0.2) is 11.5 Å². The molecule has 1 aliphatic carbocycles. The molecule has 6 rings (SSSR count). The number of anilines is 2. The Bertz CT molecular complexity index is 1290. The smallest absolute Gasteiger partial charge is 0.229 e. The second kappa shape index (κ2) is 8.50. The summed E-state index contributed by atoms with van der Waals surface area (Å²) in [7, 11) is 2.11. The average Bonchev–Trinajstić information content (AvgIpc) is 3.25. The quantitative estimate of drug-likeness (QED) is 0.448. The number of fused-ring (bicyclic) bond motifs is 1. The van der Waals surface area contributed by atoms with Gasteiger partial charge in [0, 0.05) is 37.3 Å². The molecular formula is C23H27ClN10. The maximum atomic E-state index is 5.99. The van der Waals surface area contributed by atoms with E-state index in [1.807, 2.05) is 24.3 Å². The van der Waals surface area contributed by atoms with E-state index in [0.717, 1.165) is 67.2 Å². The predicted octanol–water partition coefficient (Wildman–Crippen LogP) is 3.59. The molecule has 1 saturated carbocycles. The van der Waals surface area contributed by atoms with E-state index in [0.29, 0.717) is 16.5 Å². The van der Waals surface area contributed by atoms with E-state index in [1.54, 1.807) is 11.1 Å². The van der Waals surface area contributed by atoms with E-state index in [2.05, 4.69) is 49.1 Å². The number of imidazole rings is 1. The van der Waals surface area contributed by atoms with Gasteiger partial charge in [0.1, 0.15) is 5.52 Å². The lowest BCUT2D eigenvalue weighted by Gasteiger charge is -2.31. The molecular weight excluding hydrogens is 452 g/mol. The third-order valence-electron chi connectivity index (χ3n) is 7.01. The summed E-state index contributed by atoms with van der Waals surface area (Å²) in [5.74, 6) is 3.81. The van der Waals surface area contributed by atoms with Crippen molar-refractivity contribution in [3.63, 3.8) is 0 Å². The number of tetrazole rings is 1. The normalized spacial score (nSPS) is 20.7. The summed E-state index contributed by atoms with van der Waals surface area (Å²) in [6, 6.07) is 7.69. The van der Waals surface area contributed by atoms with Crippen molar-refractivity contribution in [2.45, 2.75) is 32.2 Å². The molecule has 2 aliphatic rings. The topological polar surface area (TPSA) is 105 Å². The van der Waals surface area contributed by atoms with Gasteiger partial charge < -0.3 is 14.8 Å². The summed E-state index contributed by atoms with van der Waals surface area (Å²) in [6.07, 6.45) is 4.77. The highest BCUT2D eigenvalue weighted by atomic mass is 35.5. The number of H-pyrrole nitrogens is 1. The Hall–Kier alpha value is -3.27. The Kier molecular flexibility index (Phi) is 5.32. The number of nitrogens with one attached hydrogen (secondary N) is 1. The first-order valence-electron chi connectivity index (χ1n) is 11.8. The van der Waals surface area contributed by atoms with Gasteiger partial charge in [-0.25, -0.2) is 4.98 Å². The summed E-state index contributed by atoms with van der Waals surface area (Å²) in [5.41, 5.74) is 2.52. The van der Waals surface area contributed by atoms with Crippen molar-refractivity contribution in [2.24, 2.45) is 11.8 Å². The van der Waals surface area contributed by atoms with Crippen molar-refractivity contribution >= 4 is 34.5 Å². The molecule has 1 N–H and O–H groups in total. The zero-order valence-electron chi connectivity index (χ0n) is 19.3. The van der Waals surface area contributed by atoms with Crippen LogP contribution in [0.15, 0.2) is 30.6 Å². The Morgan fingerprint density at radius 1 is 1.15 bits per heavy atom. The number of benzene rings is 1. The third-order valence-corrected chi connectivity index (χ3v) is 7.26. The van der Waals surface area contributed by atoms with Gasteiger partial charge in [-0.3, -0.25) is 0 Å². The molecule has 3 aromatic heterocycles. The van der Waals surface area contributed by atoms with Crippen LogP contribution in [0, 0.1) is 11.8 Å². The fourth-order valence-corrected chi connectivity index (χ4v) is 4.83. The molecule has 34 heavy (non-hydrogen) atoms. The zero-order valence-corrected chi connectivity index (χ0v) is 20.0. The zero-order chi connectivity index (χ0) is 23.2. The van der Waals surface area contributed by atoms with E-state index in [9.17, 15) is 0 Å². The fourth-order valence-electron chi connectivity index (χ4n) is 4.71. The molecule has 0 bridgehead atoms. The van der Waals surface area contributed by atoms with E-state index in [-0.39, 0.29) is 6.04 Å². The second-order valence-corrected chi connectivity index (χ2v) is 9.90. The van der Waals surface area contributed by atoms with Crippen LogP contribution >= 0.6 is 11.6 Å². The van der Waals surface area contributed by atoms with Crippen molar-refractivity contribution in [3.8, 4) is 11.4 Å². The van der Waals surface area contributed by atoms with E-state index in [4.69, 9.17) is 21.6 Å². The lowest BCUT2D eigenvalue weighted by molar-refractivity contribution is 0.327. The molecule has 1 saturated heterocycles. The van der Waals surface area contributed by atoms with Gasteiger partial charge in [0.25, 0.3) is 0 Å². The molecule has 0 radical (unpaired) electrons. The van der Waals surface area contributed by atoms with Crippen LogP contribution in [0.25, 0.3) is 22.6 Å². The Morgan fingerprint density at radius 3 is 2.65 bits per heavy atom. The van der Waals surface area contributed by atoms with Crippen LogP contribution in [0.1, 0.15) is 32.2 Å². The van der Waals surface area contributed by atoms with E-state index in [1.165, 1.54) is 6.42 Å². The number of nitrogens with zero attached hydrogens (tertiary/aromatic N) is 9. The summed E-state index contributed by atoms with van der Waals surface area (Å²) < 4.78 is 0. The minimum atomic E-state index is 0.192. The van der Waals surface area contributed by atoms with Gasteiger partial charge in [-0.05, 0) is 60.6 Å². The number of halogens is 1. The number of hydrogen-bond donors (Lipinski definition) is 1. The average molecular weight is 479 g/mol. The third kappa shape index (κ3) is 4.06. The molecule has 2 atom stereocenters. The Morgan fingerprint density at radius 2 is 1.91 bits per heavy atom. The summed E-state index contributed by atoms with van der Waals surface area (Å²) in [5, 5.41) is 13.9. The number of rotatable bonds is 6. The molecule has 0 spiro atoms. The minimum absolute atomic E-state index is 0.192. The van der Waals surface area contributed by atoms with Crippen LogP contribution in [0.4, 0.5) is 11.8 Å². The fraction of sp³-hybridized carbons (Fsp3) is 0.478. The van der Waals surface area contributed by atoms with Gasteiger partial charge >= 0.3 is 0 Å².